The third kappa shape index (κ3) is 7.92. The molecule has 1 saturated heterocycles. The number of carbonyl (C=O) groups is 2. The lowest BCUT2D eigenvalue weighted by Crippen LogP contribution is -2.48. The van der Waals surface area contributed by atoms with E-state index in [0.29, 0.717) is 50.3 Å². The lowest BCUT2D eigenvalue weighted by atomic mass is 10.00. The molecule has 2 atom stereocenters. The molecule has 4 rings (SSSR count). The van der Waals surface area contributed by atoms with Gasteiger partial charge in [0.25, 0.3) is 5.91 Å². The average molecular weight is 535 g/mol. The molecule has 0 spiro atoms. The number of anilines is 2. The zero-order valence-corrected chi connectivity index (χ0v) is 22.6. The van der Waals surface area contributed by atoms with Gasteiger partial charge in [-0.15, -0.1) is 0 Å². The molecule has 1 aromatic heterocycles. The number of nitrogens with one attached hydrogen (secondary N) is 3. The molecule has 4 N–H and O–H groups in total. The minimum Gasteiger partial charge on any atom is -0.462 e. The lowest BCUT2D eigenvalue weighted by Gasteiger charge is -2.25. The van der Waals surface area contributed by atoms with Crippen LogP contribution in [0.1, 0.15) is 47.2 Å². The van der Waals surface area contributed by atoms with Crippen LogP contribution in [0.25, 0.3) is 0 Å². The van der Waals surface area contributed by atoms with Crippen LogP contribution >= 0.6 is 0 Å². The number of aliphatic hydroxyl groups is 1. The number of carbonyl (C=O) groups excluding carboxylic acids is 2. The monoisotopic (exact) mass is 534 g/mol. The van der Waals surface area contributed by atoms with Gasteiger partial charge in [0.2, 0.25) is 5.91 Å². The van der Waals surface area contributed by atoms with E-state index in [1.54, 1.807) is 24.1 Å². The number of nitrogens with zero attached hydrogens (tertiary/aromatic N) is 1. The standard InChI is InChI=1S/C30H38N4O5/c1-3-32-23-15-22(16-24(17-23)34-13-7-10-29(34)36)30(37)33-27(14-21-8-5-4-6-9-21)28(35)19-31-18-25-11-12-26(39-25)20-38-2/h4-6,8-9,11-12,15-17,27-28,31-32,35H,3,7,10,13-14,18-20H2,1-2H3,(H,33,37)/t27-,28-/m0/s1. The minimum atomic E-state index is -0.862. The molecule has 0 aliphatic carbocycles. The quantitative estimate of drug-likeness (QED) is 0.250. The number of hydrogen-bond acceptors (Lipinski definition) is 7. The van der Waals surface area contributed by atoms with Gasteiger partial charge in [0.05, 0.1) is 18.7 Å². The van der Waals surface area contributed by atoms with Crippen LogP contribution in [0.15, 0.2) is 65.1 Å². The van der Waals surface area contributed by atoms with E-state index in [1.165, 1.54) is 0 Å². The van der Waals surface area contributed by atoms with Gasteiger partial charge in [-0.05, 0) is 55.7 Å². The van der Waals surface area contributed by atoms with Crippen molar-refractivity contribution in [2.75, 3.05) is 37.0 Å². The Hall–Kier alpha value is -3.66. The van der Waals surface area contributed by atoms with Crippen LogP contribution in [0.5, 0.6) is 0 Å². The fraction of sp³-hybridized carbons (Fsp3) is 0.400. The average Bonchev–Trinajstić information content (AvgIpc) is 3.57. The molecule has 0 bridgehead atoms. The Morgan fingerprint density at radius 3 is 2.64 bits per heavy atom. The molecule has 3 aromatic rings. The van der Waals surface area contributed by atoms with Crippen LogP contribution in [0.4, 0.5) is 11.4 Å². The van der Waals surface area contributed by atoms with Gasteiger partial charge in [-0.2, -0.15) is 0 Å². The molecule has 2 aromatic carbocycles. The van der Waals surface area contributed by atoms with Gasteiger partial charge in [-0.25, -0.2) is 0 Å². The van der Waals surface area contributed by atoms with Gasteiger partial charge < -0.3 is 35.1 Å². The van der Waals surface area contributed by atoms with Crippen molar-refractivity contribution in [3.05, 3.63) is 83.3 Å². The minimum absolute atomic E-state index is 0.0596. The number of rotatable bonds is 14. The van der Waals surface area contributed by atoms with Crippen LogP contribution in [-0.4, -0.2) is 55.8 Å². The molecular formula is C30H38N4O5. The molecule has 2 heterocycles. The summed E-state index contributed by atoms with van der Waals surface area (Å²) in [6, 6.07) is 18.4. The largest absolute Gasteiger partial charge is 0.462 e. The van der Waals surface area contributed by atoms with E-state index >= 15 is 0 Å². The predicted octanol–water partition coefficient (Wildman–Crippen LogP) is 3.48. The number of aliphatic hydroxyl groups excluding tert-OH is 1. The predicted molar refractivity (Wildman–Crippen MR) is 151 cm³/mol. The summed E-state index contributed by atoms with van der Waals surface area (Å²) in [5.41, 5.74) is 2.91. The SMILES string of the molecule is CCNc1cc(C(=O)N[C@@H](Cc2ccccc2)[C@@H](O)CNCc2ccc(COC)o2)cc(N2CCCC2=O)c1. The maximum Gasteiger partial charge on any atom is 0.251 e. The Balaban J connectivity index is 1.48. The summed E-state index contributed by atoms with van der Waals surface area (Å²) in [5.74, 6) is 1.23. The molecule has 1 aliphatic rings. The van der Waals surface area contributed by atoms with E-state index in [1.807, 2.05) is 55.5 Å². The summed E-state index contributed by atoms with van der Waals surface area (Å²) in [4.78, 5) is 27.6. The molecule has 1 fully saturated rings. The molecule has 2 amide bonds. The number of amides is 2. The third-order valence-corrected chi connectivity index (χ3v) is 6.68. The highest BCUT2D eigenvalue weighted by molar-refractivity contribution is 6.00. The lowest BCUT2D eigenvalue weighted by molar-refractivity contribution is -0.117. The van der Waals surface area contributed by atoms with E-state index in [0.717, 1.165) is 29.2 Å². The van der Waals surface area contributed by atoms with E-state index in [-0.39, 0.29) is 18.4 Å². The Labute approximate surface area is 229 Å². The third-order valence-electron chi connectivity index (χ3n) is 6.68. The smallest absolute Gasteiger partial charge is 0.251 e. The van der Waals surface area contributed by atoms with Crippen molar-refractivity contribution in [2.24, 2.45) is 0 Å². The molecule has 0 radical (unpaired) electrons. The van der Waals surface area contributed by atoms with Crippen molar-refractivity contribution in [2.45, 2.75) is 51.5 Å². The maximum atomic E-state index is 13.5. The van der Waals surface area contributed by atoms with E-state index in [9.17, 15) is 14.7 Å². The Kier molecular flexibility index (Phi) is 10.1. The first-order chi connectivity index (χ1) is 19.0. The van der Waals surface area contributed by atoms with Crippen LogP contribution in [0, 0.1) is 0 Å². The molecule has 0 unspecified atom stereocenters. The summed E-state index contributed by atoms with van der Waals surface area (Å²) in [6.45, 7) is 4.39. The molecule has 0 saturated carbocycles. The zero-order chi connectivity index (χ0) is 27.6. The van der Waals surface area contributed by atoms with Crippen molar-refractivity contribution in [3.8, 4) is 0 Å². The number of methoxy groups -OCH3 is 1. The molecular weight excluding hydrogens is 496 g/mol. The summed E-state index contributed by atoms with van der Waals surface area (Å²) < 4.78 is 10.8. The van der Waals surface area contributed by atoms with Gasteiger partial charge in [-0.3, -0.25) is 9.59 Å². The number of ether oxygens (including phenoxy) is 1. The summed E-state index contributed by atoms with van der Waals surface area (Å²) >= 11 is 0. The molecule has 39 heavy (non-hydrogen) atoms. The fourth-order valence-corrected chi connectivity index (χ4v) is 4.75. The Morgan fingerprint density at radius 1 is 1.13 bits per heavy atom. The van der Waals surface area contributed by atoms with Crippen LogP contribution in [0.3, 0.4) is 0 Å². The van der Waals surface area contributed by atoms with Gasteiger partial charge in [-0.1, -0.05) is 30.3 Å². The van der Waals surface area contributed by atoms with Crippen LogP contribution in [-0.2, 0) is 29.1 Å². The molecule has 9 nitrogen and oxygen atoms in total. The van der Waals surface area contributed by atoms with Crippen molar-refractivity contribution >= 4 is 23.2 Å². The van der Waals surface area contributed by atoms with Gasteiger partial charge in [0.15, 0.2) is 0 Å². The topological polar surface area (TPSA) is 116 Å². The first-order valence-corrected chi connectivity index (χ1v) is 13.5. The Bertz CT molecular complexity index is 1230. The second kappa shape index (κ2) is 13.9. The number of hydrogen-bond donors (Lipinski definition) is 4. The fourth-order valence-electron chi connectivity index (χ4n) is 4.75. The zero-order valence-electron chi connectivity index (χ0n) is 22.6. The summed E-state index contributed by atoms with van der Waals surface area (Å²) in [5, 5.41) is 20.7. The van der Waals surface area contributed by atoms with Crippen molar-refractivity contribution in [1.29, 1.82) is 0 Å². The molecule has 9 heteroatoms. The highest BCUT2D eigenvalue weighted by atomic mass is 16.5. The van der Waals surface area contributed by atoms with E-state index in [2.05, 4.69) is 16.0 Å². The highest BCUT2D eigenvalue weighted by Gasteiger charge is 2.26. The summed E-state index contributed by atoms with van der Waals surface area (Å²) in [7, 11) is 1.61. The number of benzene rings is 2. The van der Waals surface area contributed by atoms with Gasteiger partial charge in [0.1, 0.15) is 18.1 Å². The van der Waals surface area contributed by atoms with Gasteiger partial charge in [0, 0.05) is 50.1 Å². The second-order valence-corrected chi connectivity index (χ2v) is 9.72. The summed E-state index contributed by atoms with van der Waals surface area (Å²) in [6.07, 6.45) is 0.907. The highest BCUT2D eigenvalue weighted by Crippen LogP contribution is 2.27. The second-order valence-electron chi connectivity index (χ2n) is 9.72. The number of furan rings is 1. The van der Waals surface area contributed by atoms with Gasteiger partial charge >= 0.3 is 0 Å². The molecule has 1 aliphatic heterocycles. The van der Waals surface area contributed by atoms with Crippen LogP contribution in [0.2, 0.25) is 0 Å². The first-order valence-electron chi connectivity index (χ1n) is 13.5. The van der Waals surface area contributed by atoms with Crippen molar-refractivity contribution < 1.29 is 23.8 Å². The van der Waals surface area contributed by atoms with Crippen molar-refractivity contribution in [1.82, 2.24) is 10.6 Å². The van der Waals surface area contributed by atoms with Crippen LogP contribution < -0.4 is 20.9 Å². The van der Waals surface area contributed by atoms with E-state index < -0.39 is 12.1 Å². The Morgan fingerprint density at radius 2 is 1.92 bits per heavy atom. The normalized spacial score (nSPS) is 14.8. The first kappa shape index (κ1) is 28.4. The van der Waals surface area contributed by atoms with Crippen molar-refractivity contribution in [3.63, 3.8) is 0 Å². The maximum absolute atomic E-state index is 13.5. The van der Waals surface area contributed by atoms with E-state index in [4.69, 9.17) is 9.15 Å². The molecule has 208 valence electrons.